The Morgan fingerprint density at radius 2 is 1.87 bits per heavy atom. The predicted octanol–water partition coefficient (Wildman–Crippen LogP) is 3.01. The minimum atomic E-state index is 0.411. The molecule has 0 aliphatic heterocycles. The molecule has 1 saturated carbocycles. The molecule has 1 heteroatoms. The van der Waals surface area contributed by atoms with E-state index in [-0.39, 0.29) is 0 Å². The fraction of sp³-hybridized carbons (Fsp3) is 0.571. The maximum absolute atomic E-state index is 3.42. The van der Waals surface area contributed by atoms with Crippen LogP contribution in [0.25, 0.3) is 0 Å². The highest BCUT2D eigenvalue weighted by molar-refractivity contribution is 5.41. The van der Waals surface area contributed by atoms with Gasteiger partial charge in [0.2, 0.25) is 0 Å². The van der Waals surface area contributed by atoms with Crippen molar-refractivity contribution in [1.82, 2.24) is 5.32 Å². The molecule has 0 aromatic heterocycles. The van der Waals surface area contributed by atoms with E-state index in [0.29, 0.717) is 17.4 Å². The van der Waals surface area contributed by atoms with Crippen molar-refractivity contribution >= 4 is 0 Å². The first-order chi connectivity index (χ1) is 6.98. The molecular weight excluding hydrogens is 182 g/mol. The molecular formula is C14H21N. The summed E-state index contributed by atoms with van der Waals surface area (Å²) in [5, 5.41) is 3.42. The zero-order valence-electron chi connectivity index (χ0n) is 10.4. The highest BCUT2D eigenvalue weighted by Crippen LogP contribution is 2.59. The zero-order valence-corrected chi connectivity index (χ0v) is 10.4. The van der Waals surface area contributed by atoms with Crippen LogP contribution >= 0.6 is 0 Å². The molecule has 2 atom stereocenters. The van der Waals surface area contributed by atoms with Crippen molar-refractivity contribution < 1.29 is 0 Å². The molecule has 1 nitrogen and oxygen atoms in total. The standard InChI is InChI=1S/C14H21N/c1-9-6-7-11(10(2)8-9)12-13(15-5)14(12,3)4/h6-8,12-13,15H,1-5H3. The van der Waals surface area contributed by atoms with Gasteiger partial charge in [0.05, 0.1) is 0 Å². The molecule has 0 amide bonds. The van der Waals surface area contributed by atoms with Crippen molar-refractivity contribution in [3.05, 3.63) is 34.9 Å². The molecule has 2 rings (SSSR count). The van der Waals surface area contributed by atoms with E-state index in [0.717, 1.165) is 0 Å². The quantitative estimate of drug-likeness (QED) is 0.779. The summed E-state index contributed by atoms with van der Waals surface area (Å²) >= 11 is 0. The van der Waals surface area contributed by atoms with Crippen LogP contribution in [0.4, 0.5) is 0 Å². The molecule has 0 bridgehead atoms. The summed E-state index contributed by atoms with van der Waals surface area (Å²) in [6.07, 6.45) is 0. The monoisotopic (exact) mass is 203 g/mol. The van der Waals surface area contributed by atoms with E-state index in [9.17, 15) is 0 Å². The molecule has 1 N–H and O–H groups in total. The summed E-state index contributed by atoms with van der Waals surface area (Å²) in [6, 6.07) is 7.45. The van der Waals surface area contributed by atoms with E-state index in [2.05, 4.69) is 58.3 Å². The molecule has 1 aromatic carbocycles. The third-order valence-corrected chi connectivity index (χ3v) is 3.90. The van der Waals surface area contributed by atoms with Crippen LogP contribution in [0.3, 0.4) is 0 Å². The van der Waals surface area contributed by atoms with Crippen LogP contribution in [-0.4, -0.2) is 13.1 Å². The fourth-order valence-electron chi connectivity index (χ4n) is 2.93. The van der Waals surface area contributed by atoms with Crippen LogP contribution in [0.5, 0.6) is 0 Å². The fourth-order valence-corrected chi connectivity index (χ4v) is 2.93. The molecule has 1 fully saturated rings. The normalized spacial score (nSPS) is 27.8. The average molecular weight is 203 g/mol. The number of hydrogen-bond acceptors (Lipinski definition) is 1. The van der Waals surface area contributed by atoms with E-state index >= 15 is 0 Å². The largest absolute Gasteiger partial charge is 0.316 e. The molecule has 1 aliphatic rings. The second kappa shape index (κ2) is 3.34. The molecule has 1 aliphatic carbocycles. The molecule has 0 saturated heterocycles. The van der Waals surface area contributed by atoms with E-state index in [1.54, 1.807) is 0 Å². The summed E-state index contributed by atoms with van der Waals surface area (Å²) in [6.45, 7) is 9.07. The van der Waals surface area contributed by atoms with Gasteiger partial charge in [-0.3, -0.25) is 0 Å². The van der Waals surface area contributed by atoms with Crippen molar-refractivity contribution in [3.8, 4) is 0 Å². The average Bonchev–Trinajstić information content (AvgIpc) is 2.68. The number of benzene rings is 1. The van der Waals surface area contributed by atoms with Crippen LogP contribution in [0.1, 0.15) is 36.5 Å². The maximum Gasteiger partial charge on any atom is 0.0196 e. The summed E-state index contributed by atoms with van der Waals surface area (Å²) in [4.78, 5) is 0. The Kier molecular flexibility index (Phi) is 2.38. The first-order valence-electron chi connectivity index (χ1n) is 5.73. The van der Waals surface area contributed by atoms with Gasteiger partial charge >= 0.3 is 0 Å². The Morgan fingerprint density at radius 3 is 2.33 bits per heavy atom. The molecule has 1 aromatic rings. The molecule has 15 heavy (non-hydrogen) atoms. The van der Waals surface area contributed by atoms with E-state index in [4.69, 9.17) is 0 Å². The minimum absolute atomic E-state index is 0.411. The van der Waals surface area contributed by atoms with E-state index < -0.39 is 0 Å². The Balaban J connectivity index is 2.33. The van der Waals surface area contributed by atoms with Crippen LogP contribution in [0, 0.1) is 19.3 Å². The van der Waals surface area contributed by atoms with Gasteiger partial charge in [0.25, 0.3) is 0 Å². The third kappa shape index (κ3) is 1.59. The second-order valence-electron chi connectivity index (χ2n) is 5.43. The lowest BCUT2D eigenvalue weighted by Gasteiger charge is -2.07. The van der Waals surface area contributed by atoms with Gasteiger partial charge in [0.15, 0.2) is 0 Å². The number of nitrogens with one attached hydrogen (secondary N) is 1. The third-order valence-electron chi connectivity index (χ3n) is 3.90. The summed E-state index contributed by atoms with van der Waals surface area (Å²) < 4.78 is 0. The lowest BCUT2D eigenvalue weighted by molar-refractivity contribution is 0.567. The van der Waals surface area contributed by atoms with Crippen molar-refractivity contribution in [1.29, 1.82) is 0 Å². The van der Waals surface area contributed by atoms with Gasteiger partial charge in [-0.2, -0.15) is 0 Å². The first kappa shape index (κ1) is 10.7. The number of hydrogen-bond donors (Lipinski definition) is 1. The predicted molar refractivity (Wildman–Crippen MR) is 65.3 cm³/mol. The lowest BCUT2D eigenvalue weighted by Crippen LogP contribution is -2.14. The number of aryl methyl sites for hydroxylation is 2. The van der Waals surface area contributed by atoms with Gasteiger partial charge in [0.1, 0.15) is 0 Å². The van der Waals surface area contributed by atoms with E-state index in [1.165, 1.54) is 16.7 Å². The van der Waals surface area contributed by atoms with Gasteiger partial charge in [-0.25, -0.2) is 0 Å². The van der Waals surface area contributed by atoms with Gasteiger partial charge in [-0.05, 0) is 37.4 Å². The van der Waals surface area contributed by atoms with Crippen molar-refractivity contribution in [2.45, 2.75) is 39.7 Å². The van der Waals surface area contributed by atoms with Crippen LogP contribution in [-0.2, 0) is 0 Å². The van der Waals surface area contributed by atoms with Crippen molar-refractivity contribution in [2.75, 3.05) is 7.05 Å². The van der Waals surface area contributed by atoms with Crippen molar-refractivity contribution in [3.63, 3.8) is 0 Å². The lowest BCUT2D eigenvalue weighted by atomic mass is 9.97. The Hall–Kier alpha value is -0.820. The highest BCUT2D eigenvalue weighted by Gasteiger charge is 2.57. The van der Waals surface area contributed by atoms with Crippen LogP contribution in [0.2, 0.25) is 0 Å². The molecule has 0 spiro atoms. The molecule has 2 unspecified atom stereocenters. The summed E-state index contributed by atoms with van der Waals surface area (Å²) in [5.74, 6) is 0.683. The molecule has 0 heterocycles. The minimum Gasteiger partial charge on any atom is -0.316 e. The Labute approximate surface area is 92.9 Å². The second-order valence-corrected chi connectivity index (χ2v) is 5.43. The Bertz CT molecular complexity index is 379. The van der Waals surface area contributed by atoms with Crippen LogP contribution < -0.4 is 5.32 Å². The summed E-state index contributed by atoms with van der Waals surface area (Å²) in [7, 11) is 2.07. The van der Waals surface area contributed by atoms with Gasteiger partial charge in [-0.15, -0.1) is 0 Å². The van der Waals surface area contributed by atoms with Gasteiger partial charge < -0.3 is 5.32 Å². The topological polar surface area (TPSA) is 12.0 Å². The maximum atomic E-state index is 3.42. The van der Waals surface area contributed by atoms with E-state index in [1.807, 2.05) is 0 Å². The Morgan fingerprint density at radius 1 is 1.20 bits per heavy atom. The summed E-state index contributed by atoms with van der Waals surface area (Å²) in [5.41, 5.74) is 4.72. The zero-order chi connectivity index (χ0) is 11.2. The highest BCUT2D eigenvalue weighted by atomic mass is 15.0. The van der Waals surface area contributed by atoms with Crippen LogP contribution in [0.15, 0.2) is 18.2 Å². The smallest absolute Gasteiger partial charge is 0.0196 e. The first-order valence-corrected chi connectivity index (χ1v) is 5.73. The SMILES string of the molecule is CNC1C(c2ccc(C)cc2C)C1(C)C. The van der Waals surface area contributed by atoms with Crippen molar-refractivity contribution in [2.24, 2.45) is 5.41 Å². The number of likely N-dealkylation sites (N-methyl/N-ethyl adjacent to an activating group) is 1. The molecule has 0 radical (unpaired) electrons. The molecule has 82 valence electrons. The van der Waals surface area contributed by atoms with Gasteiger partial charge in [-0.1, -0.05) is 37.6 Å². The van der Waals surface area contributed by atoms with Gasteiger partial charge in [0, 0.05) is 12.0 Å². The number of rotatable bonds is 2.